The molecule has 0 bridgehead atoms. The molecule has 2 heterocycles. The lowest BCUT2D eigenvalue weighted by Crippen LogP contribution is -2.45. The van der Waals surface area contributed by atoms with Crippen molar-refractivity contribution in [1.29, 1.82) is 0 Å². The van der Waals surface area contributed by atoms with Crippen LogP contribution in [0, 0.1) is 5.92 Å². The Labute approximate surface area is 154 Å². The molecule has 0 unspecified atom stereocenters. The Morgan fingerprint density at radius 3 is 2.77 bits per heavy atom. The number of nitrogens with one attached hydrogen (secondary N) is 2. The predicted octanol–water partition coefficient (Wildman–Crippen LogP) is 0.977. The second kappa shape index (κ2) is 7.29. The molecule has 7 nitrogen and oxygen atoms in total. The number of aliphatic hydroxyl groups is 1. The van der Waals surface area contributed by atoms with Crippen LogP contribution in [0.2, 0.25) is 0 Å². The van der Waals surface area contributed by atoms with E-state index >= 15 is 0 Å². The van der Waals surface area contributed by atoms with Crippen molar-refractivity contribution < 1.29 is 14.6 Å². The van der Waals surface area contributed by atoms with Gasteiger partial charge in [-0.1, -0.05) is 13.8 Å². The number of hydrogen-bond acceptors (Lipinski definition) is 5. The van der Waals surface area contributed by atoms with E-state index in [-0.39, 0.29) is 29.8 Å². The van der Waals surface area contributed by atoms with Crippen molar-refractivity contribution in [2.75, 3.05) is 26.3 Å². The van der Waals surface area contributed by atoms with Crippen molar-refractivity contribution >= 4 is 5.91 Å². The molecule has 1 aliphatic heterocycles. The van der Waals surface area contributed by atoms with Crippen LogP contribution in [0.25, 0.3) is 0 Å². The molecule has 3 aliphatic rings. The number of morpholine rings is 1. The van der Waals surface area contributed by atoms with Crippen LogP contribution < -0.4 is 5.32 Å². The fourth-order valence-corrected chi connectivity index (χ4v) is 4.40. The minimum absolute atomic E-state index is 0.0563. The van der Waals surface area contributed by atoms with Gasteiger partial charge in [0.25, 0.3) is 0 Å². The number of H-pyrrole nitrogens is 1. The number of amides is 1. The normalized spacial score (nSPS) is 32.4. The van der Waals surface area contributed by atoms with Gasteiger partial charge in [0, 0.05) is 48.9 Å². The molecular formula is C19H30N4O3. The molecule has 4 rings (SSSR count). The highest BCUT2D eigenvalue weighted by Crippen LogP contribution is 2.42. The number of aliphatic hydroxyl groups excluding tert-OH is 1. The third-order valence-corrected chi connectivity index (χ3v) is 5.85. The summed E-state index contributed by atoms with van der Waals surface area (Å²) in [7, 11) is 0. The molecule has 0 radical (unpaired) electrons. The topological polar surface area (TPSA) is 90.5 Å². The smallest absolute Gasteiger partial charge is 0.228 e. The molecule has 0 spiro atoms. The molecule has 1 amide bonds. The Kier molecular flexibility index (Phi) is 5.03. The van der Waals surface area contributed by atoms with Gasteiger partial charge in [0.05, 0.1) is 25.2 Å². The van der Waals surface area contributed by atoms with Gasteiger partial charge < -0.3 is 25.0 Å². The zero-order valence-corrected chi connectivity index (χ0v) is 15.6. The van der Waals surface area contributed by atoms with E-state index in [9.17, 15) is 9.90 Å². The average Bonchev–Trinajstić information content (AvgIpc) is 3.29. The van der Waals surface area contributed by atoms with Crippen molar-refractivity contribution in [2.24, 2.45) is 5.92 Å². The largest absolute Gasteiger partial charge is 0.392 e. The minimum Gasteiger partial charge on any atom is -0.392 e. The maximum atomic E-state index is 13.0. The monoisotopic (exact) mass is 362 g/mol. The molecular weight excluding hydrogens is 332 g/mol. The Morgan fingerprint density at radius 1 is 1.38 bits per heavy atom. The lowest BCUT2D eigenvalue weighted by Gasteiger charge is -2.30. The minimum atomic E-state index is -0.700. The van der Waals surface area contributed by atoms with Gasteiger partial charge in [-0.05, 0) is 19.3 Å². The maximum absolute atomic E-state index is 13.0. The van der Waals surface area contributed by atoms with Crippen molar-refractivity contribution in [1.82, 2.24) is 20.2 Å². The Hall–Kier alpha value is -1.44. The molecule has 3 N–H and O–H groups in total. The molecule has 2 aliphatic carbocycles. The van der Waals surface area contributed by atoms with E-state index in [1.165, 1.54) is 12.8 Å². The molecule has 7 heteroatoms. The van der Waals surface area contributed by atoms with Crippen molar-refractivity contribution in [3.05, 3.63) is 17.7 Å². The fourth-order valence-electron chi connectivity index (χ4n) is 4.40. The molecule has 4 atom stereocenters. The van der Waals surface area contributed by atoms with E-state index in [4.69, 9.17) is 4.74 Å². The van der Waals surface area contributed by atoms with Crippen LogP contribution in [0.1, 0.15) is 56.5 Å². The number of carbonyl (C=O) groups excluding carboxylic acids is 1. The third-order valence-electron chi connectivity index (χ3n) is 5.85. The van der Waals surface area contributed by atoms with Gasteiger partial charge in [0.2, 0.25) is 5.91 Å². The average molecular weight is 362 g/mol. The van der Waals surface area contributed by atoms with Crippen LogP contribution in [0.3, 0.4) is 0 Å². The summed E-state index contributed by atoms with van der Waals surface area (Å²) in [6.45, 7) is 6.59. The second-order valence-electron chi connectivity index (χ2n) is 8.22. The number of carbonyl (C=O) groups is 1. The van der Waals surface area contributed by atoms with E-state index < -0.39 is 6.10 Å². The summed E-state index contributed by atoms with van der Waals surface area (Å²) in [5, 5.41) is 14.6. The number of rotatable bonds is 5. The molecule has 2 saturated carbocycles. The summed E-state index contributed by atoms with van der Waals surface area (Å²) >= 11 is 0. The number of nitrogens with zero attached hydrogens (tertiary/aromatic N) is 2. The highest BCUT2D eigenvalue weighted by atomic mass is 16.5. The zero-order valence-electron chi connectivity index (χ0n) is 15.6. The zero-order chi connectivity index (χ0) is 18.3. The first-order valence-electron chi connectivity index (χ1n) is 9.90. The first-order chi connectivity index (χ1) is 12.5. The maximum Gasteiger partial charge on any atom is 0.228 e. The third kappa shape index (κ3) is 3.52. The molecule has 0 aromatic carbocycles. The van der Waals surface area contributed by atoms with Gasteiger partial charge in [-0.25, -0.2) is 4.98 Å². The van der Waals surface area contributed by atoms with Crippen molar-refractivity contribution in [3.63, 3.8) is 0 Å². The summed E-state index contributed by atoms with van der Waals surface area (Å²) < 4.78 is 5.35. The molecule has 3 fully saturated rings. The number of hydrogen-bond donors (Lipinski definition) is 3. The molecule has 1 saturated heterocycles. The van der Waals surface area contributed by atoms with E-state index in [0.29, 0.717) is 38.6 Å². The predicted molar refractivity (Wildman–Crippen MR) is 96.9 cm³/mol. The fraction of sp³-hybridized carbons (Fsp3) is 0.789. The van der Waals surface area contributed by atoms with E-state index in [0.717, 1.165) is 11.5 Å². The first kappa shape index (κ1) is 17.9. The molecule has 144 valence electrons. The highest BCUT2D eigenvalue weighted by molar-refractivity contribution is 5.80. The van der Waals surface area contributed by atoms with Crippen LogP contribution in [-0.4, -0.2) is 70.4 Å². The number of imidazole rings is 1. The van der Waals surface area contributed by atoms with Gasteiger partial charge in [0.15, 0.2) is 0 Å². The van der Waals surface area contributed by atoms with E-state index in [1.54, 1.807) is 0 Å². The standard InChI is InChI=1S/C19H30N4O3/c1-11(2)21-14-9-13(19(25)23-5-7-26-8-6-23)17(24)16(14)15-10-20-18(22-15)12-3-4-12/h10-14,16-17,21,24H,3-9H2,1-2H3,(H,20,22)/t13-,14+,16+,17+/m0/s1. The summed E-state index contributed by atoms with van der Waals surface area (Å²) in [5.74, 6) is 1.12. The van der Waals surface area contributed by atoms with Crippen LogP contribution in [0.15, 0.2) is 6.20 Å². The lowest BCUT2D eigenvalue weighted by molar-refractivity contribution is -0.142. The summed E-state index contributed by atoms with van der Waals surface area (Å²) in [4.78, 5) is 22.8. The van der Waals surface area contributed by atoms with Crippen molar-refractivity contribution in [3.8, 4) is 0 Å². The van der Waals surface area contributed by atoms with Crippen LogP contribution in [0.4, 0.5) is 0 Å². The van der Waals surface area contributed by atoms with Crippen LogP contribution >= 0.6 is 0 Å². The van der Waals surface area contributed by atoms with Gasteiger partial charge in [0.1, 0.15) is 5.82 Å². The van der Waals surface area contributed by atoms with Gasteiger partial charge >= 0.3 is 0 Å². The second-order valence-corrected chi connectivity index (χ2v) is 8.22. The summed E-state index contributed by atoms with van der Waals surface area (Å²) in [6, 6.07) is 0.352. The summed E-state index contributed by atoms with van der Waals surface area (Å²) in [5.41, 5.74) is 0.954. The van der Waals surface area contributed by atoms with E-state index in [1.807, 2.05) is 11.1 Å². The SMILES string of the molecule is CC(C)N[C@@H]1C[C@H](C(=O)N2CCOCC2)[C@@H](O)[C@H]1c1cnc(C2CC2)[nH]1. The number of aromatic nitrogens is 2. The van der Waals surface area contributed by atoms with Gasteiger partial charge in [-0.3, -0.25) is 4.79 Å². The highest BCUT2D eigenvalue weighted by Gasteiger charge is 2.48. The quantitative estimate of drug-likeness (QED) is 0.726. The Morgan fingerprint density at radius 2 is 2.12 bits per heavy atom. The number of ether oxygens (including phenoxy) is 1. The lowest BCUT2D eigenvalue weighted by atomic mass is 9.95. The van der Waals surface area contributed by atoms with Crippen LogP contribution in [-0.2, 0) is 9.53 Å². The molecule has 1 aromatic heterocycles. The van der Waals surface area contributed by atoms with E-state index in [2.05, 4.69) is 29.1 Å². The first-order valence-corrected chi connectivity index (χ1v) is 9.90. The van der Waals surface area contributed by atoms with Gasteiger partial charge in [-0.2, -0.15) is 0 Å². The Bertz CT molecular complexity index is 636. The molecule has 26 heavy (non-hydrogen) atoms. The Balaban J connectivity index is 1.54. The number of aromatic amines is 1. The molecule has 1 aromatic rings. The van der Waals surface area contributed by atoms with Gasteiger partial charge in [-0.15, -0.1) is 0 Å². The van der Waals surface area contributed by atoms with Crippen LogP contribution in [0.5, 0.6) is 0 Å². The van der Waals surface area contributed by atoms with Crippen molar-refractivity contribution in [2.45, 2.75) is 63.1 Å². The summed E-state index contributed by atoms with van der Waals surface area (Å²) in [6.07, 6.45) is 4.18.